The Kier molecular flexibility index (Phi) is 6.76. The molecule has 0 bridgehead atoms. The average Bonchev–Trinajstić information content (AvgIpc) is 3.49. The van der Waals surface area contributed by atoms with E-state index in [1.807, 2.05) is 11.1 Å². The number of benzene rings is 5. The minimum absolute atomic E-state index is 0.497. The Morgan fingerprint density at radius 3 is 1.58 bits per heavy atom. The lowest BCUT2D eigenvalue weighted by Gasteiger charge is -2.41. The van der Waals surface area contributed by atoms with Gasteiger partial charge in [-0.15, -0.1) is 0 Å². The van der Waals surface area contributed by atoms with Gasteiger partial charge >= 0.3 is 0 Å². The Morgan fingerprint density at radius 2 is 1.08 bits per heavy atom. The molecular weight excluding hydrogens is 532 g/mol. The van der Waals surface area contributed by atoms with Crippen molar-refractivity contribution >= 4 is 21.6 Å². The van der Waals surface area contributed by atoms with Crippen LogP contribution in [0.2, 0.25) is 0 Å². The fraction of sp³-hybridized carbons (Fsp3) is 0.0909. The Balaban J connectivity index is 1.48. The second-order valence-electron chi connectivity index (χ2n) is 9.23. The fourth-order valence-corrected chi connectivity index (χ4v) is 6.00. The largest absolute Gasteiger partial charge is 0.236 e. The van der Waals surface area contributed by atoms with Gasteiger partial charge in [-0.2, -0.15) is 0 Å². The first kappa shape index (κ1) is 24.1. The third-order valence-electron chi connectivity index (χ3n) is 7.13. The van der Waals surface area contributed by atoms with Crippen molar-refractivity contribution in [1.82, 2.24) is 5.01 Å². The summed E-state index contributed by atoms with van der Waals surface area (Å²) in [6, 6.07) is 48.7. The van der Waals surface area contributed by atoms with Gasteiger partial charge in [0.1, 0.15) is 12.2 Å². The van der Waals surface area contributed by atoms with Crippen LogP contribution in [0.1, 0.15) is 22.3 Å². The van der Waals surface area contributed by atoms with E-state index in [0.29, 0.717) is 12.0 Å². The molecule has 6 rings (SSSR count). The molecule has 0 spiro atoms. The molecule has 0 atom stereocenters. The van der Waals surface area contributed by atoms with E-state index in [1.165, 1.54) is 16.7 Å². The van der Waals surface area contributed by atoms with E-state index in [4.69, 9.17) is 10.4 Å². The van der Waals surface area contributed by atoms with Gasteiger partial charge in [0, 0.05) is 5.33 Å². The van der Waals surface area contributed by atoms with Crippen molar-refractivity contribution in [2.45, 2.75) is 10.9 Å². The molecular formula is C33H27BrN4. The topological polar surface area (TPSA) is 31.2 Å². The Bertz CT molecular complexity index is 1430. The van der Waals surface area contributed by atoms with Crippen molar-refractivity contribution in [3.05, 3.63) is 162 Å². The van der Waals surface area contributed by atoms with Crippen molar-refractivity contribution in [3.63, 3.8) is 0 Å². The molecule has 0 unspecified atom stereocenters. The zero-order chi connectivity index (χ0) is 25.8. The maximum absolute atomic E-state index is 4.84. The molecule has 1 heterocycles. The number of anilines is 1. The molecule has 0 saturated carbocycles. The Labute approximate surface area is 232 Å². The van der Waals surface area contributed by atoms with Crippen molar-refractivity contribution < 1.29 is 0 Å². The second-order valence-corrected chi connectivity index (χ2v) is 9.79. The fourth-order valence-electron chi connectivity index (χ4n) is 5.41. The Morgan fingerprint density at radius 1 is 0.579 bits per heavy atom. The van der Waals surface area contributed by atoms with E-state index in [1.54, 1.807) is 0 Å². The first-order valence-corrected chi connectivity index (χ1v) is 13.8. The minimum Gasteiger partial charge on any atom is -0.236 e. The summed E-state index contributed by atoms with van der Waals surface area (Å²) in [5.74, 6) is 0. The summed E-state index contributed by atoms with van der Waals surface area (Å²) in [6.45, 7) is 0.497. The summed E-state index contributed by atoms with van der Waals surface area (Å²) in [7, 11) is 0. The van der Waals surface area contributed by atoms with Gasteiger partial charge in [0.25, 0.3) is 0 Å². The summed E-state index contributed by atoms with van der Waals surface area (Å²) in [6.07, 6.45) is 0. The highest BCUT2D eigenvalue weighted by atomic mass is 79.9. The van der Waals surface area contributed by atoms with Crippen LogP contribution in [0.25, 0.3) is 11.1 Å². The smallest absolute Gasteiger partial charge is 0.137 e. The predicted molar refractivity (Wildman–Crippen MR) is 158 cm³/mol. The number of nitrogens with zero attached hydrogens (tertiary/aromatic N) is 4. The van der Waals surface area contributed by atoms with Crippen LogP contribution in [0.3, 0.4) is 0 Å². The molecule has 5 aromatic carbocycles. The third kappa shape index (κ3) is 4.19. The van der Waals surface area contributed by atoms with Gasteiger partial charge in [0.05, 0.1) is 5.69 Å². The van der Waals surface area contributed by atoms with Crippen molar-refractivity contribution in [1.29, 1.82) is 0 Å². The summed E-state index contributed by atoms with van der Waals surface area (Å²) in [5, 5.41) is 14.4. The molecule has 0 aromatic heterocycles. The van der Waals surface area contributed by atoms with Crippen molar-refractivity contribution in [2.24, 2.45) is 10.4 Å². The first-order chi connectivity index (χ1) is 18.8. The zero-order valence-electron chi connectivity index (χ0n) is 20.9. The van der Waals surface area contributed by atoms with E-state index in [9.17, 15) is 0 Å². The monoisotopic (exact) mass is 558 g/mol. The number of rotatable bonds is 7. The SMILES string of the molecule is BrCc1c(-c2ccccc2)cccc1N1CN(C(c2ccccc2)(c2ccccc2)c2ccccc2)N=N1. The van der Waals surface area contributed by atoms with Crippen LogP contribution in [0, 0.1) is 0 Å². The molecule has 38 heavy (non-hydrogen) atoms. The molecule has 0 saturated heterocycles. The van der Waals surface area contributed by atoms with E-state index >= 15 is 0 Å². The van der Waals surface area contributed by atoms with Crippen LogP contribution >= 0.6 is 15.9 Å². The highest BCUT2D eigenvalue weighted by Gasteiger charge is 2.45. The van der Waals surface area contributed by atoms with E-state index in [-0.39, 0.29) is 0 Å². The van der Waals surface area contributed by atoms with E-state index in [0.717, 1.165) is 22.4 Å². The van der Waals surface area contributed by atoms with Crippen molar-refractivity contribution in [3.8, 4) is 11.1 Å². The maximum atomic E-state index is 4.84. The highest BCUT2D eigenvalue weighted by Crippen LogP contribution is 2.45. The molecule has 0 radical (unpaired) electrons. The molecule has 0 aliphatic carbocycles. The molecule has 0 amide bonds. The molecule has 0 N–H and O–H groups in total. The molecule has 4 nitrogen and oxygen atoms in total. The van der Waals surface area contributed by atoms with Gasteiger partial charge < -0.3 is 0 Å². The standard InChI is InChI=1S/C33H27BrN4/c34-24-31-30(26-14-5-1-6-15-26)22-13-23-32(31)37-25-38(36-35-37)33(27-16-7-2-8-17-27,28-18-9-3-10-19-28)29-20-11-4-12-21-29/h1-23H,24-25H2. The number of halogens is 1. The minimum atomic E-state index is -0.659. The van der Waals surface area contributed by atoms with Gasteiger partial charge in [-0.3, -0.25) is 0 Å². The molecule has 0 fully saturated rings. The van der Waals surface area contributed by atoms with Crippen LogP contribution in [0.4, 0.5) is 5.69 Å². The summed E-state index contributed by atoms with van der Waals surface area (Å²) in [5.41, 5.74) is 7.35. The molecule has 1 aliphatic rings. The predicted octanol–water partition coefficient (Wildman–Crippen LogP) is 8.60. The van der Waals surface area contributed by atoms with Crippen LogP contribution < -0.4 is 5.01 Å². The van der Waals surface area contributed by atoms with Gasteiger partial charge in [0.2, 0.25) is 0 Å². The number of hydrogen-bond acceptors (Lipinski definition) is 4. The maximum Gasteiger partial charge on any atom is 0.137 e. The first-order valence-electron chi connectivity index (χ1n) is 12.7. The average molecular weight is 560 g/mol. The summed E-state index contributed by atoms with van der Waals surface area (Å²) in [4.78, 5) is 0. The Hall–Kier alpha value is -4.22. The normalized spacial score (nSPS) is 13.2. The van der Waals surface area contributed by atoms with E-state index < -0.39 is 5.54 Å². The van der Waals surface area contributed by atoms with Gasteiger partial charge in [-0.05, 0) is 49.9 Å². The van der Waals surface area contributed by atoms with Crippen LogP contribution in [-0.4, -0.2) is 11.7 Å². The van der Waals surface area contributed by atoms with E-state index in [2.05, 4.69) is 154 Å². The van der Waals surface area contributed by atoms with Crippen molar-refractivity contribution in [2.75, 3.05) is 11.7 Å². The molecule has 1 aliphatic heterocycles. The molecule has 186 valence electrons. The van der Waals surface area contributed by atoms with Crippen LogP contribution in [0.5, 0.6) is 0 Å². The van der Waals surface area contributed by atoms with Gasteiger partial charge in [0.15, 0.2) is 0 Å². The highest BCUT2D eigenvalue weighted by molar-refractivity contribution is 9.08. The third-order valence-corrected chi connectivity index (χ3v) is 7.69. The lowest BCUT2D eigenvalue weighted by molar-refractivity contribution is 0.181. The van der Waals surface area contributed by atoms with Gasteiger partial charge in [-0.1, -0.05) is 149 Å². The lowest BCUT2D eigenvalue weighted by atomic mass is 9.76. The number of hydrogen-bond donors (Lipinski definition) is 0. The summed E-state index contributed by atoms with van der Waals surface area (Å²) >= 11 is 3.76. The molecule has 5 aromatic rings. The quantitative estimate of drug-likeness (QED) is 0.148. The van der Waals surface area contributed by atoms with Crippen LogP contribution in [0.15, 0.2) is 150 Å². The summed E-state index contributed by atoms with van der Waals surface area (Å²) < 4.78 is 0. The lowest BCUT2D eigenvalue weighted by Crippen LogP contribution is -2.46. The van der Waals surface area contributed by atoms with Crippen LogP contribution in [-0.2, 0) is 10.9 Å². The number of alkyl halides is 1. The van der Waals surface area contributed by atoms with Gasteiger partial charge in [-0.25, -0.2) is 10.0 Å². The zero-order valence-corrected chi connectivity index (χ0v) is 22.4. The molecule has 5 heteroatoms. The second kappa shape index (κ2) is 10.6.